The molecule has 0 radical (unpaired) electrons. The first-order valence-corrected chi connectivity index (χ1v) is 6.22. The van der Waals surface area contributed by atoms with Crippen molar-refractivity contribution >= 4 is 37.5 Å². The Kier molecular flexibility index (Phi) is 3.14. The predicted molar refractivity (Wildman–Crippen MR) is 66.1 cm³/mol. The maximum absolute atomic E-state index is 5.95. The number of nitrogen functional groups attached to an aromatic ring is 1. The molecule has 1 fully saturated rings. The first-order chi connectivity index (χ1) is 6.66. The maximum Gasteiger partial charge on any atom is 0.0504 e. The summed E-state index contributed by atoms with van der Waals surface area (Å²) in [7, 11) is 0. The van der Waals surface area contributed by atoms with Crippen molar-refractivity contribution in [3.05, 3.63) is 26.6 Å². The summed E-state index contributed by atoms with van der Waals surface area (Å²) in [5.41, 5.74) is 7.94. The van der Waals surface area contributed by atoms with Crippen LogP contribution in [0.3, 0.4) is 0 Å². The van der Waals surface area contributed by atoms with Gasteiger partial charge in [-0.25, -0.2) is 0 Å². The molecule has 0 saturated heterocycles. The fourth-order valence-electron chi connectivity index (χ4n) is 1.33. The van der Waals surface area contributed by atoms with Gasteiger partial charge >= 0.3 is 0 Å². The van der Waals surface area contributed by atoms with Gasteiger partial charge in [0.05, 0.1) is 5.69 Å². The van der Waals surface area contributed by atoms with Gasteiger partial charge in [-0.3, -0.25) is 0 Å². The van der Waals surface area contributed by atoms with Gasteiger partial charge in [0.1, 0.15) is 0 Å². The number of hydrogen-bond acceptors (Lipinski definition) is 2. The molecule has 76 valence electrons. The lowest BCUT2D eigenvalue weighted by Gasteiger charge is -2.09. The molecule has 0 atom stereocenters. The average Bonchev–Trinajstić information content (AvgIpc) is 2.92. The van der Waals surface area contributed by atoms with Crippen molar-refractivity contribution in [1.82, 2.24) is 5.32 Å². The Morgan fingerprint density at radius 1 is 1.36 bits per heavy atom. The lowest BCUT2D eigenvalue weighted by Crippen LogP contribution is -2.16. The first-order valence-electron chi connectivity index (χ1n) is 4.63. The van der Waals surface area contributed by atoms with E-state index < -0.39 is 0 Å². The Morgan fingerprint density at radius 2 is 2.07 bits per heavy atom. The van der Waals surface area contributed by atoms with Crippen LogP contribution in [0.4, 0.5) is 5.69 Å². The Balaban J connectivity index is 2.13. The van der Waals surface area contributed by atoms with Crippen LogP contribution in [0.5, 0.6) is 0 Å². The van der Waals surface area contributed by atoms with Gasteiger partial charge in [-0.05, 0) is 46.5 Å². The normalized spacial score (nSPS) is 15.9. The molecular formula is C10H12Br2N2. The summed E-state index contributed by atoms with van der Waals surface area (Å²) < 4.78 is 2.02. The highest BCUT2D eigenvalue weighted by Gasteiger charge is 2.20. The monoisotopic (exact) mass is 318 g/mol. The number of nitrogens with one attached hydrogen (secondary N) is 1. The van der Waals surface area contributed by atoms with E-state index in [-0.39, 0.29) is 0 Å². The minimum absolute atomic E-state index is 0.715. The maximum atomic E-state index is 5.95. The number of nitrogens with two attached hydrogens (primary N) is 1. The van der Waals surface area contributed by atoms with Gasteiger partial charge < -0.3 is 11.1 Å². The summed E-state index contributed by atoms with van der Waals surface area (Å²) >= 11 is 6.89. The second-order valence-corrected chi connectivity index (χ2v) is 5.39. The molecule has 2 rings (SSSR count). The average molecular weight is 320 g/mol. The quantitative estimate of drug-likeness (QED) is 0.840. The smallest absolute Gasteiger partial charge is 0.0504 e. The van der Waals surface area contributed by atoms with Gasteiger partial charge in [-0.15, -0.1) is 0 Å². The number of halogens is 2. The van der Waals surface area contributed by atoms with Gasteiger partial charge in [0.25, 0.3) is 0 Å². The number of anilines is 1. The number of hydrogen-bond donors (Lipinski definition) is 2. The summed E-state index contributed by atoms with van der Waals surface area (Å²) in [6, 6.07) is 4.75. The molecule has 0 bridgehead atoms. The third-order valence-corrected chi connectivity index (χ3v) is 3.45. The predicted octanol–water partition coefficient (Wildman–Crippen LogP) is 3.05. The standard InChI is InChI=1S/C10H12Br2N2/c11-7-3-6(5-14-8-1-2-8)10(13)9(12)4-7/h3-4,8,14H,1-2,5,13H2. The molecule has 0 aliphatic heterocycles. The van der Waals surface area contributed by atoms with Crippen molar-refractivity contribution in [1.29, 1.82) is 0 Å². The lowest BCUT2D eigenvalue weighted by molar-refractivity contribution is 0.688. The van der Waals surface area contributed by atoms with Crippen LogP contribution in [0.2, 0.25) is 0 Å². The second kappa shape index (κ2) is 4.21. The van der Waals surface area contributed by atoms with Crippen LogP contribution >= 0.6 is 31.9 Å². The van der Waals surface area contributed by atoms with Gasteiger partial charge in [-0.2, -0.15) is 0 Å². The second-order valence-electron chi connectivity index (χ2n) is 3.62. The molecule has 4 heteroatoms. The zero-order valence-electron chi connectivity index (χ0n) is 7.69. The SMILES string of the molecule is Nc1c(Br)cc(Br)cc1CNC1CC1. The van der Waals surface area contributed by atoms with Crippen LogP contribution in [-0.2, 0) is 6.54 Å². The van der Waals surface area contributed by atoms with Crippen molar-refractivity contribution in [2.45, 2.75) is 25.4 Å². The zero-order chi connectivity index (χ0) is 10.1. The van der Waals surface area contributed by atoms with Crippen molar-refractivity contribution in [3.63, 3.8) is 0 Å². The summed E-state index contributed by atoms with van der Waals surface area (Å²) in [6.45, 7) is 0.856. The Morgan fingerprint density at radius 3 is 2.71 bits per heavy atom. The summed E-state index contributed by atoms with van der Waals surface area (Å²) in [5.74, 6) is 0. The molecule has 1 aliphatic carbocycles. The van der Waals surface area contributed by atoms with E-state index in [4.69, 9.17) is 5.73 Å². The molecule has 0 spiro atoms. The van der Waals surface area contributed by atoms with Gasteiger partial charge in [-0.1, -0.05) is 15.9 Å². The molecule has 1 aliphatic rings. The van der Waals surface area contributed by atoms with Crippen LogP contribution in [-0.4, -0.2) is 6.04 Å². The fraction of sp³-hybridized carbons (Fsp3) is 0.400. The minimum atomic E-state index is 0.715. The molecular weight excluding hydrogens is 308 g/mol. The van der Waals surface area contributed by atoms with E-state index in [9.17, 15) is 0 Å². The van der Waals surface area contributed by atoms with E-state index >= 15 is 0 Å². The van der Waals surface area contributed by atoms with Crippen molar-refractivity contribution in [3.8, 4) is 0 Å². The Labute approximate surface area is 101 Å². The van der Waals surface area contributed by atoms with Gasteiger partial charge in [0.2, 0.25) is 0 Å². The largest absolute Gasteiger partial charge is 0.398 e. The Hall–Kier alpha value is -0.0600. The van der Waals surface area contributed by atoms with Crippen LogP contribution in [0.25, 0.3) is 0 Å². The molecule has 1 aromatic carbocycles. The summed E-state index contributed by atoms with van der Waals surface area (Å²) in [6.07, 6.45) is 2.60. The molecule has 0 amide bonds. The molecule has 0 aromatic heterocycles. The van der Waals surface area contributed by atoms with Crippen LogP contribution < -0.4 is 11.1 Å². The van der Waals surface area contributed by atoms with Gasteiger partial charge in [0.15, 0.2) is 0 Å². The van der Waals surface area contributed by atoms with Gasteiger partial charge in [0, 0.05) is 21.5 Å². The van der Waals surface area contributed by atoms with Crippen molar-refractivity contribution in [2.24, 2.45) is 0 Å². The molecule has 0 heterocycles. The third-order valence-electron chi connectivity index (χ3n) is 2.34. The molecule has 2 nitrogen and oxygen atoms in total. The molecule has 3 N–H and O–H groups in total. The number of benzene rings is 1. The van der Waals surface area contributed by atoms with E-state index in [0.717, 1.165) is 26.7 Å². The highest BCUT2D eigenvalue weighted by Crippen LogP contribution is 2.29. The fourth-order valence-corrected chi connectivity index (χ4v) is 2.64. The highest BCUT2D eigenvalue weighted by atomic mass is 79.9. The van der Waals surface area contributed by atoms with Crippen molar-refractivity contribution in [2.75, 3.05) is 5.73 Å². The summed E-state index contributed by atoms with van der Waals surface area (Å²) in [4.78, 5) is 0. The molecule has 14 heavy (non-hydrogen) atoms. The first kappa shape index (κ1) is 10.5. The van der Waals surface area contributed by atoms with E-state index in [1.165, 1.54) is 12.8 Å². The lowest BCUT2D eigenvalue weighted by atomic mass is 10.2. The molecule has 1 aromatic rings. The number of rotatable bonds is 3. The van der Waals surface area contributed by atoms with Crippen molar-refractivity contribution < 1.29 is 0 Å². The Bertz CT molecular complexity index is 348. The van der Waals surface area contributed by atoms with Crippen LogP contribution in [0.15, 0.2) is 21.1 Å². The van der Waals surface area contributed by atoms with E-state index in [1.807, 2.05) is 6.07 Å². The minimum Gasteiger partial charge on any atom is -0.398 e. The van der Waals surface area contributed by atoms with E-state index in [0.29, 0.717) is 6.04 Å². The topological polar surface area (TPSA) is 38.0 Å². The molecule has 0 unspecified atom stereocenters. The zero-order valence-corrected chi connectivity index (χ0v) is 10.9. The van der Waals surface area contributed by atoms with E-state index in [1.54, 1.807) is 0 Å². The third kappa shape index (κ3) is 2.49. The van der Waals surface area contributed by atoms with E-state index in [2.05, 4.69) is 43.2 Å². The van der Waals surface area contributed by atoms with Crippen LogP contribution in [0.1, 0.15) is 18.4 Å². The summed E-state index contributed by atoms with van der Waals surface area (Å²) in [5, 5.41) is 3.45. The van der Waals surface area contributed by atoms with Crippen LogP contribution in [0, 0.1) is 0 Å². The molecule has 1 saturated carbocycles. The highest BCUT2D eigenvalue weighted by molar-refractivity contribution is 9.11.